The van der Waals surface area contributed by atoms with Gasteiger partial charge in [0.15, 0.2) is 11.5 Å². The van der Waals surface area contributed by atoms with E-state index in [2.05, 4.69) is 12.6 Å². The summed E-state index contributed by atoms with van der Waals surface area (Å²) in [6, 6.07) is 4.09. The molecule has 0 saturated heterocycles. The Morgan fingerprint density at radius 2 is 1.88 bits per heavy atom. The molecule has 0 N–H and O–H groups in total. The van der Waals surface area contributed by atoms with Crippen LogP contribution in [0.3, 0.4) is 0 Å². The molecule has 1 aromatic rings. The van der Waals surface area contributed by atoms with Crippen LogP contribution in [-0.4, -0.2) is 23.5 Å². The van der Waals surface area contributed by atoms with Crippen LogP contribution in [0.15, 0.2) is 18.7 Å². The fourth-order valence-corrected chi connectivity index (χ4v) is 2.57. The van der Waals surface area contributed by atoms with Crippen LogP contribution in [0.2, 0.25) is 0 Å². The standard InChI is InChI=1S/C13H20O2Si/c1-5-14-10-7-8-11(16)12(9(3)4)13(10)15-6-2/h7-8H,3,5-6H2,1-2,4,16H3. The SMILES string of the molecule is C=C(C)c1c([SiH3])ccc(OCC)c1OCC. The van der Waals surface area contributed by atoms with E-state index in [1.54, 1.807) is 0 Å². The summed E-state index contributed by atoms with van der Waals surface area (Å²) in [7, 11) is 0.985. The zero-order valence-corrected chi connectivity index (χ0v) is 12.6. The lowest BCUT2D eigenvalue weighted by atomic mass is 10.1. The Balaban J connectivity index is 3.31. The summed E-state index contributed by atoms with van der Waals surface area (Å²) in [6.07, 6.45) is 0. The first kappa shape index (κ1) is 12.8. The summed E-state index contributed by atoms with van der Waals surface area (Å²) in [5, 5.41) is 1.31. The van der Waals surface area contributed by atoms with Gasteiger partial charge in [0.2, 0.25) is 0 Å². The first-order valence-electron chi connectivity index (χ1n) is 5.66. The van der Waals surface area contributed by atoms with Crippen molar-refractivity contribution in [3.8, 4) is 11.5 Å². The molecule has 0 atom stereocenters. The molecule has 0 fully saturated rings. The minimum atomic E-state index is 0.644. The maximum atomic E-state index is 5.70. The lowest BCUT2D eigenvalue weighted by Crippen LogP contribution is -2.12. The van der Waals surface area contributed by atoms with Gasteiger partial charge in [0.25, 0.3) is 0 Å². The van der Waals surface area contributed by atoms with Crippen molar-refractivity contribution in [2.24, 2.45) is 0 Å². The number of ether oxygens (including phenoxy) is 2. The molecular weight excluding hydrogens is 216 g/mol. The topological polar surface area (TPSA) is 18.5 Å². The smallest absolute Gasteiger partial charge is 0.168 e. The van der Waals surface area contributed by atoms with Crippen molar-refractivity contribution in [2.75, 3.05) is 13.2 Å². The van der Waals surface area contributed by atoms with Crippen LogP contribution in [0, 0.1) is 0 Å². The summed E-state index contributed by atoms with van der Waals surface area (Å²) in [5.41, 5.74) is 2.16. The maximum absolute atomic E-state index is 5.70. The van der Waals surface area contributed by atoms with E-state index in [0.29, 0.717) is 13.2 Å². The third kappa shape index (κ3) is 2.67. The molecule has 1 aromatic carbocycles. The number of hydrogen-bond acceptors (Lipinski definition) is 2. The van der Waals surface area contributed by atoms with Crippen LogP contribution in [-0.2, 0) is 0 Å². The molecule has 0 aliphatic rings. The quantitative estimate of drug-likeness (QED) is 0.722. The third-order valence-electron chi connectivity index (χ3n) is 2.35. The Labute approximate surface area is 101 Å². The van der Waals surface area contributed by atoms with E-state index in [1.807, 2.05) is 26.8 Å². The zero-order valence-electron chi connectivity index (χ0n) is 10.6. The number of hydrogen-bond donors (Lipinski definition) is 0. The Bertz CT molecular complexity index is 386. The largest absolute Gasteiger partial charge is 0.490 e. The second kappa shape index (κ2) is 5.75. The fourth-order valence-electron chi connectivity index (χ4n) is 1.75. The second-order valence-corrected chi connectivity index (χ2v) is 4.81. The summed E-state index contributed by atoms with van der Waals surface area (Å²) in [4.78, 5) is 0. The van der Waals surface area contributed by atoms with E-state index >= 15 is 0 Å². The second-order valence-electron chi connectivity index (χ2n) is 3.73. The molecule has 0 aromatic heterocycles. The molecule has 16 heavy (non-hydrogen) atoms. The van der Waals surface area contributed by atoms with Crippen molar-refractivity contribution in [1.29, 1.82) is 0 Å². The molecule has 2 nitrogen and oxygen atoms in total. The Kier molecular flexibility index (Phi) is 4.62. The third-order valence-corrected chi connectivity index (χ3v) is 3.18. The Morgan fingerprint density at radius 3 is 2.38 bits per heavy atom. The van der Waals surface area contributed by atoms with Crippen LogP contribution in [0.4, 0.5) is 0 Å². The van der Waals surface area contributed by atoms with Crippen molar-refractivity contribution in [3.63, 3.8) is 0 Å². The first-order valence-corrected chi connectivity index (χ1v) is 6.66. The molecule has 0 radical (unpaired) electrons. The van der Waals surface area contributed by atoms with Gasteiger partial charge in [-0.25, -0.2) is 0 Å². The molecule has 88 valence electrons. The van der Waals surface area contributed by atoms with E-state index in [0.717, 1.165) is 32.9 Å². The highest BCUT2D eigenvalue weighted by Gasteiger charge is 2.13. The van der Waals surface area contributed by atoms with E-state index < -0.39 is 0 Å². The van der Waals surface area contributed by atoms with Crippen molar-refractivity contribution < 1.29 is 9.47 Å². The van der Waals surface area contributed by atoms with Crippen LogP contribution in [0.1, 0.15) is 26.3 Å². The Hall–Kier alpha value is -1.22. The van der Waals surface area contributed by atoms with Gasteiger partial charge in [0.1, 0.15) is 0 Å². The van der Waals surface area contributed by atoms with Gasteiger partial charge in [0, 0.05) is 15.8 Å². The molecule has 0 aliphatic heterocycles. The van der Waals surface area contributed by atoms with E-state index in [-0.39, 0.29) is 0 Å². The number of rotatable bonds is 5. The molecule has 0 spiro atoms. The van der Waals surface area contributed by atoms with Gasteiger partial charge in [-0.2, -0.15) is 0 Å². The zero-order chi connectivity index (χ0) is 12.1. The minimum absolute atomic E-state index is 0.644. The van der Waals surface area contributed by atoms with Gasteiger partial charge in [-0.1, -0.05) is 17.8 Å². The molecule has 0 amide bonds. The highest BCUT2D eigenvalue weighted by Crippen LogP contribution is 2.33. The number of allylic oxidation sites excluding steroid dienone is 1. The van der Waals surface area contributed by atoms with Crippen molar-refractivity contribution in [2.45, 2.75) is 20.8 Å². The highest BCUT2D eigenvalue weighted by atomic mass is 28.1. The molecule has 0 bridgehead atoms. The van der Waals surface area contributed by atoms with Crippen molar-refractivity contribution in [3.05, 3.63) is 24.3 Å². The molecular formula is C13H20O2Si. The predicted octanol–water partition coefficient (Wildman–Crippen LogP) is 1.51. The van der Waals surface area contributed by atoms with Crippen LogP contribution >= 0.6 is 0 Å². The van der Waals surface area contributed by atoms with E-state index in [1.165, 1.54) is 5.19 Å². The highest BCUT2D eigenvalue weighted by molar-refractivity contribution is 6.35. The molecule has 3 heteroatoms. The van der Waals surface area contributed by atoms with Gasteiger partial charge in [-0.3, -0.25) is 0 Å². The molecule has 0 aliphatic carbocycles. The van der Waals surface area contributed by atoms with Gasteiger partial charge in [-0.05, 0) is 32.4 Å². The number of benzene rings is 1. The average molecular weight is 236 g/mol. The lowest BCUT2D eigenvalue weighted by Gasteiger charge is -2.17. The van der Waals surface area contributed by atoms with Crippen LogP contribution in [0.5, 0.6) is 11.5 Å². The minimum Gasteiger partial charge on any atom is -0.490 e. The van der Waals surface area contributed by atoms with Crippen LogP contribution in [0.25, 0.3) is 5.57 Å². The summed E-state index contributed by atoms with van der Waals surface area (Å²) in [5.74, 6) is 1.67. The average Bonchev–Trinajstić information content (AvgIpc) is 2.22. The summed E-state index contributed by atoms with van der Waals surface area (Å²) >= 11 is 0. The van der Waals surface area contributed by atoms with Gasteiger partial charge in [-0.15, -0.1) is 0 Å². The van der Waals surface area contributed by atoms with E-state index in [4.69, 9.17) is 9.47 Å². The molecule has 0 heterocycles. The van der Waals surface area contributed by atoms with Crippen molar-refractivity contribution in [1.82, 2.24) is 0 Å². The van der Waals surface area contributed by atoms with Crippen LogP contribution < -0.4 is 14.7 Å². The molecule has 0 saturated carbocycles. The normalized spacial score (nSPS) is 10.2. The fraction of sp³-hybridized carbons (Fsp3) is 0.385. The van der Waals surface area contributed by atoms with E-state index in [9.17, 15) is 0 Å². The monoisotopic (exact) mass is 236 g/mol. The summed E-state index contributed by atoms with van der Waals surface area (Å²) < 4.78 is 11.3. The Morgan fingerprint density at radius 1 is 1.25 bits per heavy atom. The summed E-state index contributed by atoms with van der Waals surface area (Å²) in [6.45, 7) is 11.3. The van der Waals surface area contributed by atoms with Gasteiger partial charge < -0.3 is 9.47 Å². The van der Waals surface area contributed by atoms with Gasteiger partial charge in [0.05, 0.1) is 13.2 Å². The lowest BCUT2D eigenvalue weighted by molar-refractivity contribution is 0.287. The molecule has 0 unspecified atom stereocenters. The first-order chi connectivity index (χ1) is 7.61. The van der Waals surface area contributed by atoms with Crippen molar-refractivity contribution >= 4 is 21.0 Å². The molecule has 1 rings (SSSR count). The predicted molar refractivity (Wildman–Crippen MR) is 73.1 cm³/mol. The maximum Gasteiger partial charge on any atom is 0.168 e. The van der Waals surface area contributed by atoms with Gasteiger partial charge >= 0.3 is 0 Å².